The van der Waals surface area contributed by atoms with Crippen molar-refractivity contribution in [3.8, 4) is 0 Å². The van der Waals surface area contributed by atoms with Gasteiger partial charge < -0.3 is 5.11 Å². The molecule has 0 aliphatic rings. The van der Waals surface area contributed by atoms with Crippen molar-refractivity contribution in [1.29, 1.82) is 0 Å². The number of benzene rings is 1. The summed E-state index contributed by atoms with van der Waals surface area (Å²) in [7, 11) is 0. The number of hydrogen-bond donors (Lipinski definition) is 1. The SMILES string of the molecule is O=Cc1ccc(I)c2c(CO)csc12. The predicted molar refractivity (Wildman–Crippen MR) is 65.9 cm³/mol. The van der Waals surface area contributed by atoms with Gasteiger partial charge in [-0.3, -0.25) is 4.79 Å². The minimum atomic E-state index is 0.0261. The van der Waals surface area contributed by atoms with E-state index in [-0.39, 0.29) is 6.61 Å². The summed E-state index contributed by atoms with van der Waals surface area (Å²) < 4.78 is 2.05. The molecular weight excluding hydrogens is 311 g/mol. The van der Waals surface area contributed by atoms with Gasteiger partial charge >= 0.3 is 0 Å². The average Bonchev–Trinajstić information content (AvgIpc) is 2.63. The monoisotopic (exact) mass is 318 g/mol. The molecule has 4 heteroatoms. The highest BCUT2D eigenvalue weighted by molar-refractivity contribution is 14.1. The second-order valence-electron chi connectivity index (χ2n) is 2.88. The Morgan fingerprint density at radius 3 is 2.93 bits per heavy atom. The van der Waals surface area contributed by atoms with Crippen molar-refractivity contribution in [2.75, 3.05) is 0 Å². The van der Waals surface area contributed by atoms with Crippen LogP contribution in [-0.4, -0.2) is 11.4 Å². The lowest BCUT2D eigenvalue weighted by molar-refractivity contribution is 0.112. The summed E-state index contributed by atoms with van der Waals surface area (Å²) in [6, 6.07) is 3.72. The van der Waals surface area contributed by atoms with Crippen LogP contribution in [0, 0.1) is 3.57 Å². The van der Waals surface area contributed by atoms with Gasteiger partial charge in [0.15, 0.2) is 6.29 Å². The van der Waals surface area contributed by atoms with Crippen LogP contribution in [0.1, 0.15) is 15.9 Å². The van der Waals surface area contributed by atoms with Gasteiger partial charge in [-0.25, -0.2) is 0 Å². The number of rotatable bonds is 2. The lowest BCUT2D eigenvalue weighted by Gasteiger charge is -1.99. The molecule has 1 aromatic carbocycles. The fraction of sp³-hybridized carbons (Fsp3) is 0.100. The lowest BCUT2D eigenvalue weighted by atomic mass is 10.1. The Morgan fingerprint density at radius 1 is 1.50 bits per heavy atom. The molecule has 0 aliphatic heterocycles. The van der Waals surface area contributed by atoms with Crippen LogP contribution in [-0.2, 0) is 6.61 Å². The molecule has 2 rings (SSSR count). The Balaban J connectivity index is 2.86. The average molecular weight is 318 g/mol. The van der Waals surface area contributed by atoms with Crippen LogP contribution in [0.5, 0.6) is 0 Å². The minimum Gasteiger partial charge on any atom is -0.392 e. The first-order chi connectivity index (χ1) is 6.77. The third-order valence-corrected chi connectivity index (χ3v) is 4.05. The summed E-state index contributed by atoms with van der Waals surface area (Å²) in [5.74, 6) is 0. The zero-order valence-corrected chi connectivity index (χ0v) is 10.1. The van der Waals surface area contributed by atoms with E-state index in [9.17, 15) is 4.79 Å². The zero-order chi connectivity index (χ0) is 10.1. The van der Waals surface area contributed by atoms with E-state index in [4.69, 9.17) is 5.11 Å². The van der Waals surface area contributed by atoms with Crippen molar-refractivity contribution >= 4 is 50.3 Å². The molecule has 2 aromatic rings. The van der Waals surface area contributed by atoms with Crippen molar-refractivity contribution < 1.29 is 9.90 Å². The fourth-order valence-corrected chi connectivity index (χ4v) is 3.44. The molecule has 0 bridgehead atoms. The molecule has 1 N–H and O–H groups in total. The van der Waals surface area contributed by atoms with Gasteiger partial charge in [0.05, 0.1) is 6.61 Å². The molecule has 0 saturated carbocycles. The van der Waals surface area contributed by atoms with Gasteiger partial charge in [-0.15, -0.1) is 11.3 Å². The number of aldehydes is 1. The maximum atomic E-state index is 10.8. The Labute approximate surface area is 98.7 Å². The largest absolute Gasteiger partial charge is 0.392 e. The summed E-state index contributed by atoms with van der Waals surface area (Å²) in [4.78, 5) is 10.8. The number of halogens is 1. The minimum absolute atomic E-state index is 0.0261. The molecule has 14 heavy (non-hydrogen) atoms. The van der Waals surface area contributed by atoms with Crippen LogP contribution < -0.4 is 0 Å². The molecule has 0 atom stereocenters. The van der Waals surface area contributed by atoms with E-state index >= 15 is 0 Å². The first-order valence-electron chi connectivity index (χ1n) is 4.02. The van der Waals surface area contributed by atoms with Gasteiger partial charge in [-0.2, -0.15) is 0 Å². The second-order valence-corrected chi connectivity index (χ2v) is 4.92. The summed E-state index contributed by atoms with van der Waals surface area (Å²) >= 11 is 3.72. The van der Waals surface area contributed by atoms with E-state index in [1.54, 1.807) is 0 Å². The van der Waals surface area contributed by atoms with E-state index in [0.717, 1.165) is 25.5 Å². The molecule has 1 aromatic heterocycles. The summed E-state index contributed by atoms with van der Waals surface area (Å²) in [6.07, 6.45) is 0.857. The van der Waals surface area contributed by atoms with Crippen molar-refractivity contribution in [1.82, 2.24) is 0 Å². The van der Waals surface area contributed by atoms with E-state index in [2.05, 4.69) is 22.6 Å². The van der Waals surface area contributed by atoms with Crippen molar-refractivity contribution in [2.24, 2.45) is 0 Å². The molecular formula is C10H7IO2S. The van der Waals surface area contributed by atoms with Crippen molar-refractivity contribution in [3.63, 3.8) is 0 Å². The van der Waals surface area contributed by atoms with Crippen LogP contribution >= 0.6 is 33.9 Å². The first-order valence-corrected chi connectivity index (χ1v) is 5.98. The molecule has 1 heterocycles. The van der Waals surface area contributed by atoms with Crippen LogP contribution in [0.15, 0.2) is 17.5 Å². The number of aliphatic hydroxyl groups is 1. The van der Waals surface area contributed by atoms with Gasteiger partial charge in [-0.1, -0.05) is 0 Å². The van der Waals surface area contributed by atoms with Crippen molar-refractivity contribution in [2.45, 2.75) is 6.61 Å². The second kappa shape index (κ2) is 3.96. The number of fused-ring (bicyclic) bond motifs is 1. The van der Waals surface area contributed by atoms with E-state index in [1.807, 2.05) is 17.5 Å². The van der Waals surface area contributed by atoms with Crippen LogP contribution in [0.25, 0.3) is 10.1 Å². The summed E-state index contributed by atoms with van der Waals surface area (Å²) in [5, 5.41) is 12.0. The normalized spacial score (nSPS) is 10.7. The third-order valence-electron chi connectivity index (χ3n) is 2.07. The molecule has 72 valence electrons. The topological polar surface area (TPSA) is 37.3 Å². The lowest BCUT2D eigenvalue weighted by Crippen LogP contribution is -1.85. The standard InChI is InChI=1S/C10H7IO2S/c11-8-2-1-6(3-12)10-9(8)7(4-13)5-14-10/h1-3,5,13H,4H2. The van der Waals surface area contributed by atoms with E-state index in [0.29, 0.717) is 5.56 Å². The van der Waals surface area contributed by atoms with Gasteiger partial charge in [0.25, 0.3) is 0 Å². The molecule has 0 saturated heterocycles. The van der Waals surface area contributed by atoms with Crippen LogP contribution in [0.3, 0.4) is 0 Å². The maximum absolute atomic E-state index is 10.8. The smallest absolute Gasteiger partial charge is 0.151 e. The third kappa shape index (κ3) is 1.47. The molecule has 0 fully saturated rings. The Hall–Kier alpha value is -0.460. The highest BCUT2D eigenvalue weighted by atomic mass is 127. The highest BCUT2D eigenvalue weighted by Crippen LogP contribution is 2.32. The summed E-state index contributed by atoms with van der Waals surface area (Å²) in [5.41, 5.74) is 1.60. The predicted octanol–water partition coefficient (Wildman–Crippen LogP) is 2.81. The van der Waals surface area contributed by atoms with Crippen LogP contribution in [0.4, 0.5) is 0 Å². The zero-order valence-electron chi connectivity index (χ0n) is 7.16. The van der Waals surface area contributed by atoms with Gasteiger partial charge in [0, 0.05) is 19.2 Å². The number of aliphatic hydroxyl groups excluding tert-OH is 1. The van der Waals surface area contributed by atoms with Gasteiger partial charge in [-0.05, 0) is 45.7 Å². The molecule has 0 aliphatic carbocycles. The molecule has 0 unspecified atom stereocenters. The Bertz CT molecular complexity index is 490. The molecule has 0 spiro atoms. The molecule has 2 nitrogen and oxygen atoms in total. The van der Waals surface area contributed by atoms with Crippen LogP contribution in [0.2, 0.25) is 0 Å². The maximum Gasteiger partial charge on any atom is 0.151 e. The highest BCUT2D eigenvalue weighted by Gasteiger charge is 2.09. The fourth-order valence-electron chi connectivity index (χ4n) is 1.40. The Kier molecular flexibility index (Phi) is 2.85. The summed E-state index contributed by atoms with van der Waals surface area (Å²) in [6.45, 7) is 0.0261. The van der Waals surface area contributed by atoms with E-state index < -0.39 is 0 Å². The van der Waals surface area contributed by atoms with Gasteiger partial charge in [0.2, 0.25) is 0 Å². The molecule has 0 radical (unpaired) electrons. The van der Waals surface area contributed by atoms with Gasteiger partial charge in [0.1, 0.15) is 0 Å². The number of carbonyl (C=O) groups excluding carboxylic acids is 1. The van der Waals surface area contributed by atoms with E-state index in [1.165, 1.54) is 11.3 Å². The number of carbonyl (C=O) groups is 1. The van der Waals surface area contributed by atoms with Crippen molar-refractivity contribution in [3.05, 3.63) is 32.2 Å². The number of hydrogen-bond acceptors (Lipinski definition) is 3. The Morgan fingerprint density at radius 2 is 2.29 bits per heavy atom. The first kappa shape index (κ1) is 10.1. The number of thiophene rings is 1. The molecule has 0 amide bonds. The quantitative estimate of drug-likeness (QED) is 0.683.